The molecule has 30 heavy (non-hydrogen) atoms. The molecular weight excluding hydrogens is 376 g/mol. The van der Waals surface area contributed by atoms with Crippen molar-refractivity contribution in [2.75, 3.05) is 31.6 Å². The predicted octanol–water partition coefficient (Wildman–Crippen LogP) is 3.36. The van der Waals surface area contributed by atoms with Crippen LogP contribution < -0.4 is 19.7 Å². The molecule has 3 aromatic rings. The van der Waals surface area contributed by atoms with E-state index in [9.17, 15) is 4.79 Å². The lowest BCUT2D eigenvalue weighted by atomic mass is 10.0. The van der Waals surface area contributed by atoms with Gasteiger partial charge in [-0.3, -0.25) is 4.79 Å². The summed E-state index contributed by atoms with van der Waals surface area (Å²) in [4.78, 5) is 14.1. The molecule has 2 heterocycles. The van der Waals surface area contributed by atoms with Gasteiger partial charge in [0.2, 0.25) is 0 Å². The van der Waals surface area contributed by atoms with Crippen LogP contribution in [-0.2, 0) is 4.79 Å². The van der Waals surface area contributed by atoms with Crippen LogP contribution in [0.2, 0.25) is 0 Å². The molecule has 0 aliphatic carbocycles. The largest absolute Gasteiger partial charge is 0.490 e. The van der Waals surface area contributed by atoms with E-state index in [2.05, 4.69) is 29.6 Å². The molecule has 3 aromatic carbocycles. The van der Waals surface area contributed by atoms with Gasteiger partial charge in [0.1, 0.15) is 6.04 Å². The number of likely N-dealkylation sites (tertiary alicyclic amines) is 1. The van der Waals surface area contributed by atoms with Crippen LogP contribution >= 0.6 is 0 Å². The van der Waals surface area contributed by atoms with Crippen LogP contribution in [0.4, 0.5) is 5.69 Å². The number of anilines is 1. The molecule has 5 nitrogen and oxygen atoms in total. The summed E-state index contributed by atoms with van der Waals surface area (Å²) >= 11 is 0. The number of hydrogen-bond acceptors (Lipinski definition) is 3. The first-order chi connectivity index (χ1) is 14.8. The van der Waals surface area contributed by atoms with Crippen molar-refractivity contribution in [3.05, 3.63) is 66.2 Å². The summed E-state index contributed by atoms with van der Waals surface area (Å²) in [6, 6.07) is 20.8. The zero-order valence-corrected chi connectivity index (χ0v) is 17.0. The number of benzene rings is 3. The number of carbonyl (C=O) groups is 1. The number of hydrogen-bond donors (Lipinski definition) is 2. The molecule has 1 amide bonds. The van der Waals surface area contributed by atoms with Crippen molar-refractivity contribution < 1.29 is 19.2 Å². The van der Waals surface area contributed by atoms with E-state index < -0.39 is 0 Å². The lowest BCUT2D eigenvalue weighted by molar-refractivity contribution is -0.910. The highest BCUT2D eigenvalue weighted by atomic mass is 16.5. The minimum Gasteiger partial charge on any atom is -0.490 e. The molecule has 2 aliphatic heterocycles. The summed E-state index contributed by atoms with van der Waals surface area (Å²) in [5, 5.41) is 5.40. The van der Waals surface area contributed by atoms with E-state index in [1.54, 1.807) is 0 Å². The third-order valence-electron chi connectivity index (χ3n) is 6.08. The number of ether oxygens (including phenoxy) is 2. The Labute approximate surface area is 176 Å². The maximum atomic E-state index is 12.8. The molecule has 0 aromatic heterocycles. The third kappa shape index (κ3) is 3.98. The Kier molecular flexibility index (Phi) is 5.28. The molecule has 1 unspecified atom stereocenters. The molecule has 5 rings (SSSR count). The fraction of sp³-hybridized carbons (Fsp3) is 0.320. The summed E-state index contributed by atoms with van der Waals surface area (Å²) < 4.78 is 11.6. The standard InChI is InChI=1S/C25H26N2O3/c28-25(26-21-10-8-18-5-1-2-6-19(18)15-21)17-27-12-3-7-22(27)20-9-11-23-24(16-20)30-14-4-13-29-23/h1-2,5-6,8-11,15-16,22H,3-4,7,12-14,17H2,(H,26,28)/p+1/t22-/m1/s1. The van der Waals surface area contributed by atoms with Gasteiger partial charge in [-0.05, 0) is 41.1 Å². The Morgan fingerprint density at radius 1 is 0.933 bits per heavy atom. The lowest BCUT2D eigenvalue weighted by Gasteiger charge is -2.22. The van der Waals surface area contributed by atoms with Gasteiger partial charge in [-0.1, -0.05) is 30.3 Å². The van der Waals surface area contributed by atoms with Crippen LogP contribution in [0, 0.1) is 0 Å². The van der Waals surface area contributed by atoms with Gasteiger partial charge in [-0.2, -0.15) is 0 Å². The first kappa shape index (κ1) is 18.9. The normalized spacial score (nSPS) is 20.7. The number of nitrogens with one attached hydrogen (secondary N) is 2. The van der Waals surface area contributed by atoms with Gasteiger partial charge in [0, 0.05) is 30.5 Å². The quantitative estimate of drug-likeness (QED) is 0.702. The zero-order valence-electron chi connectivity index (χ0n) is 17.0. The molecule has 0 saturated carbocycles. The van der Waals surface area contributed by atoms with Crippen LogP contribution in [0.15, 0.2) is 60.7 Å². The molecule has 1 saturated heterocycles. The minimum absolute atomic E-state index is 0.0570. The Hall–Kier alpha value is -3.05. The molecule has 154 valence electrons. The molecule has 0 spiro atoms. The van der Waals surface area contributed by atoms with Crippen LogP contribution in [0.1, 0.15) is 30.9 Å². The fourth-order valence-corrected chi connectivity index (χ4v) is 4.60. The first-order valence-electron chi connectivity index (χ1n) is 10.8. The van der Waals surface area contributed by atoms with Crippen LogP contribution in [-0.4, -0.2) is 32.2 Å². The second-order valence-corrected chi connectivity index (χ2v) is 8.15. The summed E-state index contributed by atoms with van der Waals surface area (Å²) in [6.45, 7) is 2.85. The molecule has 5 heteroatoms. The minimum atomic E-state index is 0.0570. The van der Waals surface area contributed by atoms with E-state index in [4.69, 9.17) is 9.47 Å². The smallest absolute Gasteiger partial charge is 0.279 e. The summed E-state index contributed by atoms with van der Waals surface area (Å²) in [6.07, 6.45) is 3.11. The summed E-state index contributed by atoms with van der Waals surface area (Å²) in [5.41, 5.74) is 2.08. The van der Waals surface area contributed by atoms with E-state index in [1.807, 2.05) is 36.4 Å². The number of quaternary nitrogens is 1. The number of carbonyl (C=O) groups excluding carboxylic acids is 1. The van der Waals surface area contributed by atoms with Gasteiger partial charge in [0.25, 0.3) is 5.91 Å². The van der Waals surface area contributed by atoms with Crippen molar-refractivity contribution in [1.29, 1.82) is 0 Å². The van der Waals surface area contributed by atoms with Crippen LogP contribution in [0.3, 0.4) is 0 Å². The Morgan fingerprint density at radius 2 is 1.77 bits per heavy atom. The monoisotopic (exact) mass is 403 g/mol. The summed E-state index contributed by atoms with van der Waals surface area (Å²) in [7, 11) is 0. The van der Waals surface area contributed by atoms with Crippen molar-refractivity contribution in [3.8, 4) is 11.5 Å². The average molecular weight is 404 g/mol. The SMILES string of the molecule is O=C(C[NH+]1CCC[C@@H]1c1ccc2c(c1)OCCCO2)Nc1ccc2ccccc2c1. The first-order valence-corrected chi connectivity index (χ1v) is 10.8. The highest BCUT2D eigenvalue weighted by Gasteiger charge is 2.32. The highest BCUT2D eigenvalue weighted by molar-refractivity contribution is 5.94. The molecule has 0 bridgehead atoms. The van der Waals surface area contributed by atoms with E-state index in [1.165, 1.54) is 15.8 Å². The second kappa shape index (κ2) is 8.36. The van der Waals surface area contributed by atoms with Gasteiger partial charge < -0.3 is 19.7 Å². The van der Waals surface area contributed by atoms with Crippen LogP contribution in [0.5, 0.6) is 11.5 Å². The van der Waals surface area contributed by atoms with Gasteiger partial charge in [-0.25, -0.2) is 0 Å². The van der Waals surface area contributed by atoms with Crippen molar-refractivity contribution >= 4 is 22.4 Å². The van der Waals surface area contributed by atoms with Crippen molar-refractivity contribution in [2.45, 2.75) is 25.3 Å². The predicted molar refractivity (Wildman–Crippen MR) is 117 cm³/mol. The molecular formula is C25H27N2O3+. The zero-order chi connectivity index (χ0) is 20.3. The number of amides is 1. The molecule has 2 aliphatic rings. The van der Waals surface area contributed by atoms with Crippen LogP contribution in [0.25, 0.3) is 10.8 Å². The Bertz CT molecular complexity index is 1070. The van der Waals surface area contributed by atoms with Gasteiger partial charge >= 0.3 is 0 Å². The van der Waals surface area contributed by atoms with Crippen molar-refractivity contribution in [3.63, 3.8) is 0 Å². The number of fused-ring (bicyclic) bond motifs is 2. The maximum Gasteiger partial charge on any atom is 0.279 e. The molecule has 2 atom stereocenters. The van der Waals surface area contributed by atoms with Gasteiger partial charge in [0.15, 0.2) is 18.0 Å². The van der Waals surface area contributed by atoms with Gasteiger partial charge in [0.05, 0.1) is 19.8 Å². The summed E-state index contributed by atoms with van der Waals surface area (Å²) in [5.74, 6) is 1.71. The second-order valence-electron chi connectivity index (χ2n) is 8.15. The van der Waals surface area contributed by atoms with Gasteiger partial charge in [-0.15, -0.1) is 0 Å². The van der Waals surface area contributed by atoms with E-state index in [0.717, 1.165) is 48.4 Å². The van der Waals surface area contributed by atoms with E-state index in [-0.39, 0.29) is 5.91 Å². The average Bonchev–Trinajstić information content (AvgIpc) is 3.08. The molecule has 2 N–H and O–H groups in total. The molecule has 1 fully saturated rings. The van der Waals surface area contributed by atoms with E-state index in [0.29, 0.717) is 25.8 Å². The highest BCUT2D eigenvalue weighted by Crippen LogP contribution is 2.33. The topological polar surface area (TPSA) is 52.0 Å². The third-order valence-corrected chi connectivity index (χ3v) is 6.08. The van der Waals surface area contributed by atoms with Crippen molar-refractivity contribution in [1.82, 2.24) is 0 Å². The van der Waals surface area contributed by atoms with Crippen molar-refractivity contribution in [2.24, 2.45) is 0 Å². The maximum absolute atomic E-state index is 12.8. The Morgan fingerprint density at radius 3 is 2.67 bits per heavy atom. The number of rotatable bonds is 4. The fourth-order valence-electron chi connectivity index (χ4n) is 4.60. The lowest BCUT2D eigenvalue weighted by Crippen LogP contribution is -3.11. The molecule has 0 radical (unpaired) electrons. The Balaban J connectivity index is 1.28. The van der Waals surface area contributed by atoms with E-state index >= 15 is 0 Å².